The van der Waals surface area contributed by atoms with Gasteiger partial charge in [-0.25, -0.2) is 0 Å². The van der Waals surface area contributed by atoms with E-state index < -0.39 is 0 Å². The number of nitrogens with zero attached hydrogens (tertiary/aromatic N) is 1. The number of rotatable bonds is 5. The fourth-order valence-electron chi connectivity index (χ4n) is 3.84. The Kier molecular flexibility index (Phi) is 4.45. The second-order valence-electron chi connectivity index (χ2n) is 7.09. The molecule has 3 rings (SSSR count). The minimum absolute atomic E-state index is 0.382. The largest absolute Gasteiger partial charge is 0.389 e. The smallest absolute Gasteiger partial charge is 0.0774 e. The standard InChI is InChI=1S/C16H30N2O/c19-16(9-3-1-4-10-16)13-18-11-5-2-6-15(18)12-17-14-7-8-14/h14-15,17,19H,1-13H2. The summed E-state index contributed by atoms with van der Waals surface area (Å²) in [5, 5.41) is 14.5. The third kappa shape index (κ3) is 3.93. The van der Waals surface area contributed by atoms with Crippen molar-refractivity contribution < 1.29 is 5.11 Å². The first kappa shape index (κ1) is 13.8. The number of aliphatic hydroxyl groups is 1. The van der Waals surface area contributed by atoms with E-state index in [1.165, 1.54) is 57.9 Å². The molecule has 3 nitrogen and oxygen atoms in total. The first-order valence-corrected chi connectivity index (χ1v) is 8.45. The van der Waals surface area contributed by atoms with Gasteiger partial charge < -0.3 is 10.4 Å². The Bertz CT molecular complexity index is 284. The molecule has 0 bridgehead atoms. The summed E-state index contributed by atoms with van der Waals surface area (Å²) in [6.45, 7) is 3.25. The molecule has 3 fully saturated rings. The first-order chi connectivity index (χ1) is 9.25. The van der Waals surface area contributed by atoms with Gasteiger partial charge in [-0.05, 0) is 45.1 Å². The summed E-state index contributed by atoms with van der Waals surface area (Å²) in [4.78, 5) is 2.59. The molecule has 1 saturated heterocycles. The lowest BCUT2D eigenvalue weighted by Crippen LogP contribution is -2.53. The van der Waals surface area contributed by atoms with E-state index in [2.05, 4.69) is 10.2 Å². The predicted molar refractivity (Wildman–Crippen MR) is 78.3 cm³/mol. The molecule has 0 aromatic heterocycles. The fraction of sp³-hybridized carbons (Fsp3) is 1.00. The zero-order chi connectivity index (χ0) is 13.1. The van der Waals surface area contributed by atoms with Crippen molar-refractivity contribution in [1.82, 2.24) is 10.2 Å². The van der Waals surface area contributed by atoms with Crippen LogP contribution in [0.15, 0.2) is 0 Å². The zero-order valence-electron chi connectivity index (χ0n) is 12.2. The molecular weight excluding hydrogens is 236 g/mol. The summed E-state index contributed by atoms with van der Waals surface area (Å²) in [7, 11) is 0. The van der Waals surface area contributed by atoms with Crippen molar-refractivity contribution in [3.63, 3.8) is 0 Å². The molecule has 1 aliphatic heterocycles. The summed E-state index contributed by atoms with van der Waals surface area (Å²) < 4.78 is 0. The highest BCUT2D eigenvalue weighted by molar-refractivity contribution is 4.91. The summed E-state index contributed by atoms with van der Waals surface area (Å²) in [5.41, 5.74) is -0.382. The lowest BCUT2D eigenvalue weighted by Gasteiger charge is -2.42. The number of likely N-dealkylation sites (tertiary alicyclic amines) is 1. The second kappa shape index (κ2) is 6.11. The summed E-state index contributed by atoms with van der Waals surface area (Å²) in [5.74, 6) is 0. The van der Waals surface area contributed by atoms with Gasteiger partial charge in [0.05, 0.1) is 5.60 Å². The first-order valence-electron chi connectivity index (χ1n) is 8.45. The molecule has 2 N–H and O–H groups in total. The van der Waals surface area contributed by atoms with Gasteiger partial charge in [0.1, 0.15) is 0 Å². The highest BCUT2D eigenvalue weighted by atomic mass is 16.3. The minimum atomic E-state index is -0.382. The van der Waals surface area contributed by atoms with Crippen LogP contribution in [0.3, 0.4) is 0 Å². The van der Waals surface area contributed by atoms with E-state index in [4.69, 9.17) is 0 Å². The van der Waals surface area contributed by atoms with E-state index in [1.54, 1.807) is 0 Å². The van der Waals surface area contributed by atoms with Crippen LogP contribution in [0, 0.1) is 0 Å². The van der Waals surface area contributed by atoms with Crippen LogP contribution in [0.2, 0.25) is 0 Å². The molecule has 0 spiro atoms. The average molecular weight is 266 g/mol. The molecule has 0 radical (unpaired) electrons. The summed E-state index contributed by atoms with van der Waals surface area (Å²) in [6, 6.07) is 1.47. The van der Waals surface area contributed by atoms with Crippen LogP contribution < -0.4 is 5.32 Å². The molecule has 2 saturated carbocycles. The van der Waals surface area contributed by atoms with Gasteiger partial charge in [-0.15, -0.1) is 0 Å². The predicted octanol–water partition coefficient (Wildman–Crippen LogP) is 2.29. The van der Waals surface area contributed by atoms with Gasteiger partial charge in [-0.1, -0.05) is 25.7 Å². The SMILES string of the molecule is OC1(CN2CCCCC2CNC2CC2)CCCCC1. The Labute approximate surface area is 117 Å². The van der Waals surface area contributed by atoms with Crippen molar-refractivity contribution in [3.8, 4) is 0 Å². The van der Waals surface area contributed by atoms with E-state index in [0.29, 0.717) is 6.04 Å². The number of β-amino-alcohol motifs (C(OH)–C–C–N with tert-alkyl or cyclic N) is 1. The van der Waals surface area contributed by atoms with Gasteiger partial charge in [0, 0.05) is 25.2 Å². The molecule has 3 aliphatic rings. The quantitative estimate of drug-likeness (QED) is 0.801. The van der Waals surface area contributed by atoms with Crippen molar-refractivity contribution in [3.05, 3.63) is 0 Å². The van der Waals surface area contributed by atoms with Crippen LogP contribution >= 0.6 is 0 Å². The molecule has 2 aliphatic carbocycles. The van der Waals surface area contributed by atoms with Crippen molar-refractivity contribution >= 4 is 0 Å². The molecular formula is C16H30N2O. The van der Waals surface area contributed by atoms with E-state index in [9.17, 15) is 5.11 Å². The van der Waals surface area contributed by atoms with Gasteiger partial charge in [-0.3, -0.25) is 4.90 Å². The maximum absolute atomic E-state index is 10.8. The van der Waals surface area contributed by atoms with Crippen LogP contribution in [0.25, 0.3) is 0 Å². The molecule has 0 aromatic rings. The maximum Gasteiger partial charge on any atom is 0.0774 e. The molecule has 110 valence electrons. The van der Waals surface area contributed by atoms with Crippen LogP contribution in [0.5, 0.6) is 0 Å². The van der Waals surface area contributed by atoms with Crippen LogP contribution in [-0.4, -0.2) is 47.3 Å². The monoisotopic (exact) mass is 266 g/mol. The highest BCUT2D eigenvalue weighted by Gasteiger charge is 2.35. The normalized spacial score (nSPS) is 32.4. The summed E-state index contributed by atoms with van der Waals surface area (Å²) >= 11 is 0. The lowest BCUT2D eigenvalue weighted by molar-refractivity contribution is -0.0418. The third-order valence-electron chi connectivity index (χ3n) is 5.25. The Morgan fingerprint density at radius 3 is 2.53 bits per heavy atom. The molecule has 19 heavy (non-hydrogen) atoms. The second-order valence-corrected chi connectivity index (χ2v) is 7.09. The van der Waals surface area contributed by atoms with Crippen LogP contribution in [-0.2, 0) is 0 Å². The Balaban J connectivity index is 1.52. The van der Waals surface area contributed by atoms with Gasteiger partial charge in [0.25, 0.3) is 0 Å². The molecule has 1 unspecified atom stereocenters. The molecule has 1 heterocycles. The van der Waals surface area contributed by atoms with Crippen LogP contribution in [0.4, 0.5) is 0 Å². The molecule has 0 amide bonds. The Morgan fingerprint density at radius 1 is 1.00 bits per heavy atom. The number of hydrogen-bond acceptors (Lipinski definition) is 3. The fourth-order valence-corrected chi connectivity index (χ4v) is 3.84. The Morgan fingerprint density at radius 2 is 1.79 bits per heavy atom. The highest BCUT2D eigenvalue weighted by Crippen LogP contribution is 2.31. The average Bonchev–Trinajstić information content (AvgIpc) is 3.22. The maximum atomic E-state index is 10.8. The number of nitrogens with one attached hydrogen (secondary N) is 1. The zero-order valence-corrected chi connectivity index (χ0v) is 12.2. The third-order valence-corrected chi connectivity index (χ3v) is 5.25. The van der Waals surface area contributed by atoms with E-state index in [0.717, 1.165) is 32.0 Å². The van der Waals surface area contributed by atoms with Crippen molar-refractivity contribution in [1.29, 1.82) is 0 Å². The Hall–Kier alpha value is -0.120. The van der Waals surface area contributed by atoms with Crippen molar-refractivity contribution in [2.24, 2.45) is 0 Å². The molecule has 1 atom stereocenters. The topological polar surface area (TPSA) is 35.5 Å². The van der Waals surface area contributed by atoms with Crippen LogP contribution in [0.1, 0.15) is 64.2 Å². The molecule has 3 heteroatoms. The number of hydrogen-bond donors (Lipinski definition) is 2. The van der Waals surface area contributed by atoms with Crippen molar-refractivity contribution in [2.45, 2.75) is 81.9 Å². The summed E-state index contributed by atoms with van der Waals surface area (Å²) in [6.07, 6.45) is 12.5. The van der Waals surface area contributed by atoms with Gasteiger partial charge in [-0.2, -0.15) is 0 Å². The van der Waals surface area contributed by atoms with E-state index in [-0.39, 0.29) is 5.60 Å². The van der Waals surface area contributed by atoms with Crippen molar-refractivity contribution in [2.75, 3.05) is 19.6 Å². The number of piperidine rings is 1. The minimum Gasteiger partial charge on any atom is -0.389 e. The van der Waals surface area contributed by atoms with Gasteiger partial charge in [0.15, 0.2) is 0 Å². The van der Waals surface area contributed by atoms with Gasteiger partial charge in [0.2, 0.25) is 0 Å². The van der Waals surface area contributed by atoms with Gasteiger partial charge >= 0.3 is 0 Å². The molecule has 0 aromatic carbocycles. The lowest BCUT2D eigenvalue weighted by atomic mass is 9.83. The van der Waals surface area contributed by atoms with E-state index in [1.807, 2.05) is 0 Å². The van der Waals surface area contributed by atoms with E-state index >= 15 is 0 Å².